The number of hydrogen-bond acceptors (Lipinski definition) is 7. The topological polar surface area (TPSA) is 526 Å². The van der Waals surface area contributed by atoms with E-state index in [0.29, 0.717) is 0 Å². The average molecular weight is 483 g/mol. The Labute approximate surface area is 157 Å². The van der Waals surface area contributed by atoms with Gasteiger partial charge in [-0.3, -0.25) is 0 Å². The molecule has 0 saturated carbocycles. The minimum absolute atomic E-state index is 0. The van der Waals surface area contributed by atoms with Gasteiger partial charge in [0.15, 0.2) is 5.11 Å². The Kier molecular flexibility index (Phi) is 589. The van der Waals surface area contributed by atoms with Crippen molar-refractivity contribution in [1.82, 2.24) is 0 Å². The normalized spacial score (nSPS) is 3.69. The van der Waals surface area contributed by atoms with Gasteiger partial charge < -0.3 is 76.4 Å². The fraction of sp³-hybridized carbons (Fsp3) is 0. The van der Waals surface area contributed by atoms with Crippen molar-refractivity contribution in [2.75, 3.05) is 0 Å². The molecule has 0 aromatic heterocycles. The van der Waals surface area contributed by atoms with Crippen LogP contribution in [0.1, 0.15) is 0 Å². The molecule has 0 aromatic carbocycles. The summed E-state index contributed by atoms with van der Waals surface area (Å²) < 4.78 is 0. The van der Waals surface area contributed by atoms with Gasteiger partial charge >= 0.3 is 0 Å². The molecular formula is CH25FeN5O18S. The third kappa shape index (κ3) is 1380. The largest absolute Gasteiger partial charge is 0.412 e. The molecule has 0 radical (unpaired) electrons. The molecule has 23 nitrogen and oxygen atoms in total. The minimum Gasteiger partial charge on any atom is -0.412 e. The first kappa shape index (κ1) is 132. The summed E-state index contributed by atoms with van der Waals surface area (Å²) >= 11 is 4.09. The predicted octanol–water partition coefficient (Wildman–Crippen LogP) is -9.28. The quantitative estimate of drug-likeness (QED) is 0.0927. The zero-order valence-corrected chi connectivity index (χ0v) is 14.0. The molecule has 0 unspecified atom stereocenters. The number of thiocarbonyl (C=S) groups is 1. The zero-order valence-electron chi connectivity index (χ0n) is 12.0. The van der Waals surface area contributed by atoms with Gasteiger partial charge in [0.1, 0.15) is 0 Å². The smallest absolute Gasteiger partial charge is 0.291 e. The van der Waals surface area contributed by atoms with Crippen LogP contribution in [0.5, 0.6) is 0 Å². The van der Waals surface area contributed by atoms with Gasteiger partial charge in [-0.1, -0.05) is 0 Å². The van der Waals surface area contributed by atoms with Gasteiger partial charge in [-0.25, -0.2) is 0 Å². The van der Waals surface area contributed by atoms with Gasteiger partial charge in [-0.2, -0.15) is 0 Å². The summed E-state index contributed by atoms with van der Waals surface area (Å²) in [6, 6.07) is 0. The molecule has 0 amide bonds. The second kappa shape index (κ2) is 116. The molecule has 0 aliphatic carbocycles. The van der Waals surface area contributed by atoms with Crippen LogP contribution in [0.25, 0.3) is 0 Å². The van der Waals surface area contributed by atoms with Crippen LogP contribution in [-0.2, 0) is 17.1 Å². The van der Waals surface area contributed by atoms with Gasteiger partial charge in [0.05, 0.1) is 0 Å². The molecule has 0 aromatic rings. The molecule has 0 spiro atoms. The van der Waals surface area contributed by atoms with E-state index in [4.69, 9.17) is 46.0 Å². The average Bonchev–Trinajstić information content (AvgIpc) is 1.76. The van der Waals surface area contributed by atoms with Crippen LogP contribution in [-0.4, -0.2) is 85.3 Å². The summed E-state index contributed by atoms with van der Waals surface area (Å²) in [5.41, 5.74) is 9.24. The molecule has 0 bridgehead atoms. The maximum Gasteiger partial charge on any atom is 0.291 e. The van der Waals surface area contributed by atoms with E-state index in [1.807, 2.05) is 0 Å². The summed E-state index contributed by atoms with van der Waals surface area (Å²) in [6.45, 7) is 0. The monoisotopic (exact) mass is 483 g/mol. The Morgan fingerprint density at radius 1 is 0.615 bits per heavy atom. The molecule has 0 aliphatic heterocycles. The predicted molar refractivity (Wildman–Crippen MR) is 79.8 cm³/mol. The molecule has 0 rings (SSSR count). The Balaban J connectivity index is -0.00000000545. The van der Waals surface area contributed by atoms with Gasteiger partial charge in [-0.05, 0) is 12.2 Å². The van der Waals surface area contributed by atoms with Crippen LogP contribution in [0.3, 0.4) is 0 Å². The summed E-state index contributed by atoms with van der Waals surface area (Å²) in [5.74, 6) is 0. The van der Waals surface area contributed by atoms with Gasteiger partial charge in [-0.15, -0.1) is 30.3 Å². The van der Waals surface area contributed by atoms with Gasteiger partial charge in [0.2, 0.25) is 0 Å². The van der Waals surface area contributed by atoms with Crippen molar-refractivity contribution in [2.24, 2.45) is 11.5 Å². The van der Waals surface area contributed by atoms with Crippen molar-refractivity contribution in [3.05, 3.63) is 30.3 Å². The van der Waals surface area contributed by atoms with Crippen LogP contribution < -0.4 is 11.5 Å². The van der Waals surface area contributed by atoms with E-state index in [1.54, 1.807) is 0 Å². The Morgan fingerprint density at radius 3 is 0.615 bits per heavy atom. The van der Waals surface area contributed by atoms with E-state index in [-0.39, 0.29) is 71.5 Å². The van der Waals surface area contributed by atoms with Gasteiger partial charge in [0.25, 0.3) is 15.3 Å². The number of nitrogens with two attached hydrogens (primary N) is 2. The molecule has 0 saturated heterocycles. The summed E-state index contributed by atoms with van der Waals surface area (Å²) in [7, 11) is 0. The van der Waals surface area contributed by atoms with Gasteiger partial charge in [0, 0.05) is 17.1 Å². The third-order valence-electron chi connectivity index (χ3n) is 0. The third-order valence-corrected chi connectivity index (χ3v) is 0. The Morgan fingerprint density at radius 2 is 0.615 bits per heavy atom. The maximum absolute atomic E-state index is 8.36. The van der Waals surface area contributed by atoms with Crippen LogP contribution in [0.2, 0.25) is 0 Å². The van der Waals surface area contributed by atoms with E-state index >= 15 is 0 Å². The molecule has 0 fully saturated rings. The Bertz CT molecular complexity index is 176. The molecule has 176 valence electrons. The molecular weight excluding hydrogens is 458 g/mol. The van der Waals surface area contributed by atoms with Crippen LogP contribution in [0, 0.1) is 30.3 Å². The fourth-order valence-electron chi connectivity index (χ4n) is 0. The molecule has 0 heterocycles. The van der Waals surface area contributed by atoms with Crippen LogP contribution in [0.15, 0.2) is 0 Å². The zero-order chi connectivity index (χ0) is 14.3. The minimum atomic E-state index is -1.50. The second-order valence-corrected chi connectivity index (χ2v) is 1.59. The summed E-state index contributed by atoms with van der Waals surface area (Å²) in [4.78, 5) is 25.1. The van der Waals surface area contributed by atoms with E-state index in [1.165, 1.54) is 0 Å². The van der Waals surface area contributed by atoms with Crippen LogP contribution in [0.4, 0.5) is 0 Å². The van der Waals surface area contributed by atoms with Crippen molar-refractivity contribution in [3.8, 4) is 0 Å². The SMILES string of the molecule is NC(N)=S.O.O.O.O.O.O.O.O.O.O=[N+]([O-])O.O=[N+]([O-])O.O=[N+]([O-])O.[Fe]. The van der Waals surface area contributed by atoms with Crippen molar-refractivity contribution in [2.45, 2.75) is 0 Å². The maximum atomic E-state index is 8.36. The van der Waals surface area contributed by atoms with E-state index in [0.717, 1.165) is 0 Å². The Hall–Kier alpha value is -2.55. The first-order valence-corrected chi connectivity index (χ1v) is 2.89. The van der Waals surface area contributed by atoms with E-state index in [9.17, 15) is 0 Å². The molecule has 25 heteroatoms. The number of rotatable bonds is 0. The first-order chi connectivity index (χ1) is 6.93. The standard InChI is InChI=1S/CH4N2S.Fe.3HNO3.9H2O/c2-1(3)4;;3*2-1(3)4;;;;;;;;;/h(H4,2,3,4);;3*(H,2,3,4);9*1H2. The second-order valence-electron chi connectivity index (χ2n) is 1.12. The van der Waals surface area contributed by atoms with E-state index < -0.39 is 15.3 Å². The van der Waals surface area contributed by atoms with Crippen molar-refractivity contribution >= 4 is 17.3 Å². The van der Waals surface area contributed by atoms with Crippen molar-refractivity contribution < 1.29 is 97.2 Å². The summed E-state index contributed by atoms with van der Waals surface area (Å²) in [5, 5.41) is 40.9. The molecule has 0 atom stereocenters. The number of hydrogen-bond donors (Lipinski definition) is 5. The molecule has 26 heavy (non-hydrogen) atoms. The summed E-state index contributed by atoms with van der Waals surface area (Å²) in [6.07, 6.45) is 0. The van der Waals surface area contributed by atoms with Crippen molar-refractivity contribution in [3.63, 3.8) is 0 Å². The van der Waals surface area contributed by atoms with Crippen molar-refractivity contribution in [1.29, 1.82) is 0 Å². The fourth-order valence-corrected chi connectivity index (χ4v) is 0. The number of nitrogens with zero attached hydrogens (tertiary/aromatic N) is 3. The first-order valence-electron chi connectivity index (χ1n) is 2.48. The molecule has 0 aliphatic rings. The van der Waals surface area contributed by atoms with E-state index in [2.05, 4.69) is 23.7 Å². The van der Waals surface area contributed by atoms with Crippen LogP contribution >= 0.6 is 12.2 Å². The molecule has 25 N–H and O–H groups in total.